The minimum Gasteiger partial charge on any atom is -0.367 e. The molecule has 0 aromatic heterocycles. The third-order valence-corrected chi connectivity index (χ3v) is 5.18. The average Bonchev–Trinajstić information content (AvgIpc) is 2.81. The van der Waals surface area contributed by atoms with E-state index in [1.807, 2.05) is 30.3 Å². The van der Waals surface area contributed by atoms with Crippen molar-refractivity contribution in [3.8, 4) is 0 Å². The number of nitrogens with zero attached hydrogens (tertiary/aromatic N) is 1. The van der Waals surface area contributed by atoms with E-state index in [2.05, 4.69) is 21.2 Å². The number of anilines is 1. The second kappa shape index (κ2) is 7.46. The average molecular weight is 423 g/mol. The largest absolute Gasteiger partial charge is 0.367 e. The summed E-state index contributed by atoms with van der Waals surface area (Å²) in [6, 6.07) is 13.6. The molecule has 3 rings (SSSR count). The van der Waals surface area contributed by atoms with E-state index >= 15 is 0 Å². The fourth-order valence-electron chi connectivity index (χ4n) is 2.12. The van der Waals surface area contributed by atoms with Gasteiger partial charge in [-0.25, -0.2) is 4.39 Å². The first kappa shape index (κ1) is 17.1. The molecule has 1 amide bonds. The van der Waals surface area contributed by atoms with Crippen LogP contribution in [0.1, 0.15) is 5.56 Å². The van der Waals surface area contributed by atoms with Gasteiger partial charge in [0.05, 0.1) is 11.6 Å². The second-order valence-electron chi connectivity index (χ2n) is 5.01. The molecule has 0 spiro atoms. The number of carbonyl (C=O) groups excluding carboxylic acids is 1. The number of carbonyl (C=O) groups is 1. The molecule has 122 valence electrons. The monoisotopic (exact) mass is 422 g/mol. The Balaban J connectivity index is 1.71. The standard InChI is InChI=1S/C17H12BrFN2OS2/c18-12-3-1-2-11(8-12)9-15-16(22)21(17(23)24-15)10-20-14-6-4-13(19)5-7-14/h1-9,20H,10H2/b15-9+. The molecule has 1 saturated heterocycles. The lowest BCUT2D eigenvalue weighted by Gasteiger charge is -2.16. The Bertz CT molecular complexity index is 824. The molecule has 24 heavy (non-hydrogen) atoms. The summed E-state index contributed by atoms with van der Waals surface area (Å²) in [6.45, 7) is 0.242. The SMILES string of the molecule is O=C1/C(=C\c2cccc(Br)c2)SC(=S)N1CNc1ccc(F)cc1. The Labute approximate surface area is 157 Å². The van der Waals surface area contributed by atoms with Crippen molar-refractivity contribution in [3.05, 3.63) is 69.3 Å². The van der Waals surface area contributed by atoms with Crippen molar-refractivity contribution in [2.24, 2.45) is 0 Å². The van der Waals surface area contributed by atoms with Gasteiger partial charge in [0.1, 0.15) is 10.1 Å². The number of rotatable bonds is 4. The summed E-state index contributed by atoms with van der Waals surface area (Å²) in [7, 11) is 0. The van der Waals surface area contributed by atoms with Gasteiger partial charge in [0.25, 0.3) is 5.91 Å². The molecule has 3 nitrogen and oxygen atoms in total. The molecule has 2 aromatic rings. The first-order valence-corrected chi connectivity index (χ1v) is 9.05. The molecule has 1 fully saturated rings. The maximum absolute atomic E-state index is 12.9. The van der Waals surface area contributed by atoms with Crippen molar-refractivity contribution in [1.29, 1.82) is 0 Å². The third-order valence-electron chi connectivity index (χ3n) is 3.31. The van der Waals surface area contributed by atoms with E-state index in [9.17, 15) is 9.18 Å². The van der Waals surface area contributed by atoms with E-state index in [0.717, 1.165) is 15.7 Å². The van der Waals surface area contributed by atoms with Crippen LogP contribution in [0.2, 0.25) is 0 Å². The van der Waals surface area contributed by atoms with Crippen LogP contribution in [0.3, 0.4) is 0 Å². The maximum Gasteiger partial charge on any atom is 0.267 e. The summed E-state index contributed by atoms with van der Waals surface area (Å²) in [4.78, 5) is 14.6. The molecule has 0 radical (unpaired) electrons. The molecule has 1 aliphatic heterocycles. The number of thiocarbonyl (C=S) groups is 1. The lowest BCUT2D eigenvalue weighted by Crippen LogP contribution is -2.33. The molecule has 7 heteroatoms. The van der Waals surface area contributed by atoms with Crippen LogP contribution < -0.4 is 5.32 Å². The number of thioether (sulfide) groups is 1. The topological polar surface area (TPSA) is 32.3 Å². The summed E-state index contributed by atoms with van der Waals surface area (Å²) in [5.41, 5.74) is 1.65. The first-order valence-electron chi connectivity index (χ1n) is 7.03. The highest BCUT2D eigenvalue weighted by molar-refractivity contribution is 9.10. The molecule has 0 atom stereocenters. The number of nitrogens with one attached hydrogen (secondary N) is 1. The quantitative estimate of drug-likeness (QED) is 0.563. The van der Waals surface area contributed by atoms with E-state index in [4.69, 9.17) is 12.2 Å². The van der Waals surface area contributed by atoms with E-state index in [1.54, 1.807) is 12.1 Å². The molecular weight excluding hydrogens is 411 g/mol. The molecule has 1 heterocycles. The minimum absolute atomic E-state index is 0.139. The zero-order valence-corrected chi connectivity index (χ0v) is 15.6. The van der Waals surface area contributed by atoms with Gasteiger partial charge >= 0.3 is 0 Å². The zero-order chi connectivity index (χ0) is 17.1. The Hall–Kier alpha value is -1.70. The van der Waals surface area contributed by atoms with Gasteiger partial charge in [-0.3, -0.25) is 9.69 Å². The van der Waals surface area contributed by atoms with E-state index in [1.165, 1.54) is 28.8 Å². The summed E-state index contributed by atoms with van der Waals surface area (Å²) >= 11 is 9.98. The normalized spacial score (nSPS) is 16.1. The van der Waals surface area contributed by atoms with Gasteiger partial charge in [0, 0.05) is 10.2 Å². The zero-order valence-electron chi connectivity index (χ0n) is 12.3. The van der Waals surface area contributed by atoms with Gasteiger partial charge in [-0.15, -0.1) is 0 Å². The highest BCUT2D eigenvalue weighted by Crippen LogP contribution is 2.32. The summed E-state index contributed by atoms with van der Waals surface area (Å²) < 4.78 is 14.4. The van der Waals surface area contributed by atoms with Gasteiger partial charge in [0.15, 0.2) is 0 Å². The van der Waals surface area contributed by atoms with Crippen molar-refractivity contribution >= 4 is 61.9 Å². The van der Waals surface area contributed by atoms with E-state index in [-0.39, 0.29) is 18.4 Å². The van der Waals surface area contributed by atoms with Crippen molar-refractivity contribution < 1.29 is 9.18 Å². The maximum atomic E-state index is 12.9. The highest BCUT2D eigenvalue weighted by atomic mass is 79.9. The van der Waals surface area contributed by atoms with Crippen LogP contribution in [0.5, 0.6) is 0 Å². The number of amides is 1. The molecule has 0 unspecified atom stereocenters. The van der Waals surface area contributed by atoms with Crippen molar-refractivity contribution in [2.75, 3.05) is 12.0 Å². The van der Waals surface area contributed by atoms with Crippen LogP contribution in [-0.4, -0.2) is 21.8 Å². The van der Waals surface area contributed by atoms with Crippen LogP contribution >= 0.6 is 39.9 Å². The Morgan fingerprint density at radius 1 is 1.25 bits per heavy atom. The number of halogens is 2. The van der Waals surface area contributed by atoms with E-state index < -0.39 is 0 Å². The molecule has 0 bridgehead atoms. The molecule has 1 aliphatic rings. The van der Waals surface area contributed by atoms with Crippen LogP contribution in [-0.2, 0) is 4.79 Å². The lowest BCUT2D eigenvalue weighted by molar-refractivity contribution is -0.121. The summed E-state index contributed by atoms with van der Waals surface area (Å²) in [6.07, 6.45) is 1.82. The third kappa shape index (κ3) is 4.03. The molecule has 1 N–H and O–H groups in total. The minimum atomic E-state index is -0.303. The predicted molar refractivity (Wildman–Crippen MR) is 104 cm³/mol. The van der Waals surface area contributed by atoms with Gasteiger partial charge in [-0.1, -0.05) is 52.0 Å². The van der Waals surface area contributed by atoms with Gasteiger partial charge in [-0.05, 0) is 48.0 Å². The Morgan fingerprint density at radius 2 is 2.00 bits per heavy atom. The van der Waals surface area contributed by atoms with Gasteiger partial charge in [0.2, 0.25) is 0 Å². The smallest absolute Gasteiger partial charge is 0.267 e. The summed E-state index contributed by atoms with van der Waals surface area (Å²) in [5.74, 6) is -0.442. The molecule has 2 aromatic carbocycles. The van der Waals surface area contributed by atoms with Crippen LogP contribution in [0, 0.1) is 5.82 Å². The Morgan fingerprint density at radius 3 is 2.71 bits per heavy atom. The second-order valence-corrected chi connectivity index (χ2v) is 7.60. The van der Waals surface area contributed by atoms with E-state index in [0.29, 0.717) is 9.23 Å². The van der Waals surface area contributed by atoms with Crippen molar-refractivity contribution in [3.63, 3.8) is 0 Å². The van der Waals surface area contributed by atoms with Gasteiger partial charge in [-0.2, -0.15) is 0 Å². The Kier molecular flexibility index (Phi) is 5.33. The lowest BCUT2D eigenvalue weighted by atomic mass is 10.2. The molecule has 0 aliphatic carbocycles. The fourth-order valence-corrected chi connectivity index (χ4v) is 3.79. The van der Waals surface area contributed by atoms with Gasteiger partial charge < -0.3 is 5.32 Å². The fraction of sp³-hybridized carbons (Fsp3) is 0.0588. The summed E-state index contributed by atoms with van der Waals surface area (Å²) in [5, 5.41) is 3.07. The first-order chi connectivity index (χ1) is 11.5. The van der Waals surface area contributed by atoms with Crippen molar-refractivity contribution in [2.45, 2.75) is 0 Å². The predicted octanol–water partition coefficient (Wildman–Crippen LogP) is 4.86. The van der Waals surface area contributed by atoms with Crippen LogP contribution in [0.25, 0.3) is 6.08 Å². The molecular formula is C17H12BrFN2OS2. The van der Waals surface area contributed by atoms with Crippen LogP contribution in [0.15, 0.2) is 57.9 Å². The molecule has 0 saturated carbocycles. The number of hydrogen-bond donors (Lipinski definition) is 1. The van der Waals surface area contributed by atoms with Crippen molar-refractivity contribution in [1.82, 2.24) is 4.90 Å². The number of benzene rings is 2. The number of hydrogen-bond acceptors (Lipinski definition) is 4. The highest BCUT2D eigenvalue weighted by Gasteiger charge is 2.31. The van der Waals surface area contributed by atoms with Crippen LogP contribution in [0.4, 0.5) is 10.1 Å².